The van der Waals surface area contributed by atoms with Crippen molar-refractivity contribution in [2.45, 2.75) is 13.0 Å². The molecule has 0 radical (unpaired) electrons. The van der Waals surface area contributed by atoms with Gasteiger partial charge in [-0.3, -0.25) is 0 Å². The molecule has 0 aliphatic heterocycles. The first-order chi connectivity index (χ1) is 10.0. The van der Waals surface area contributed by atoms with Crippen molar-refractivity contribution in [3.05, 3.63) is 63.9 Å². The first-order valence-electron chi connectivity index (χ1n) is 6.37. The number of esters is 1. The van der Waals surface area contributed by atoms with Crippen LogP contribution in [0, 0.1) is 12.7 Å². The molecule has 0 spiro atoms. The number of carbonyl (C=O) groups is 1. The summed E-state index contributed by atoms with van der Waals surface area (Å²) in [6, 6.07) is 11.0. The number of nitrogens with one attached hydrogen (secondary N) is 1. The van der Waals surface area contributed by atoms with Gasteiger partial charge in [0.1, 0.15) is 5.82 Å². The zero-order valence-corrected chi connectivity index (χ0v) is 13.3. The van der Waals surface area contributed by atoms with Gasteiger partial charge in [-0.1, -0.05) is 33.6 Å². The van der Waals surface area contributed by atoms with Gasteiger partial charge in [-0.15, -0.1) is 0 Å². The summed E-state index contributed by atoms with van der Waals surface area (Å²) in [6.07, 6.45) is 0. The topological polar surface area (TPSA) is 38.3 Å². The van der Waals surface area contributed by atoms with Gasteiger partial charge in [0.2, 0.25) is 0 Å². The minimum Gasteiger partial charge on any atom is -0.467 e. The summed E-state index contributed by atoms with van der Waals surface area (Å²) in [7, 11) is 1.30. The molecule has 5 heteroatoms. The van der Waals surface area contributed by atoms with Crippen molar-refractivity contribution >= 4 is 27.6 Å². The van der Waals surface area contributed by atoms with Crippen LogP contribution in [0.3, 0.4) is 0 Å². The molecule has 0 saturated carbocycles. The summed E-state index contributed by atoms with van der Waals surface area (Å²) < 4.78 is 18.9. The minimum atomic E-state index is -0.789. The lowest BCUT2D eigenvalue weighted by molar-refractivity contribution is -0.141. The number of aryl methyl sites for hydroxylation is 1. The molecule has 1 unspecified atom stereocenters. The Bertz CT molecular complexity index is 643. The Morgan fingerprint density at radius 3 is 2.52 bits per heavy atom. The number of hydrogen-bond acceptors (Lipinski definition) is 3. The predicted molar refractivity (Wildman–Crippen MR) is 83.7 cm³/mol. The van der Waals surface area contributed by atoms with Crippen molar-refractivity contribution in [3.8, 4) is 0 Å². The first kappa shape index (κ1) is 15.5. The largest absolute Gasteiger partial charge is 0.467 e. The maximum atomic E-state index is 13.5. The normalized spacial score (nSPS) is 11.8. The highest BCUT2D eigenvalue weighted by atomic mass is 79.9. The van der Waals surface area contributed by atoms with E-state index in [9.17, 15) is 9.18 Å². The molecule has 0 saturated heterocycles. The average Bonchev–Trinajstić information content (AvgIpc) is 2.48. The van der Waals surface area contributed by atoms with E-state index in [4.69, 9.17) is 4.74 Å². The van der Waals surface area contributed by atoms with E-state index in [0.29, 0.717) is 10.0 Å². The molecule has 21 heavy (non-hydrogen) atoms. The van der Waals surface area contributed by atoms with Gasteiger partial charge in [-0.2, -0.15) is 0 Å². The summed E-state index contributed by atoms with van der Waals surface area (Å²) in [6.45, 7) is 1.98. The zero-order valence-electron chi connectivity index (χ0n) is 11.7. The van der Waals surface area contributed by atoms with Gasteiger partial charge in [0.25, 0.3) is 0 Å². The van der Waals surface area contributed by atoms with Crippen LogP contribution >= 0.6 is 15.9 Å². The third-order valence-electron chi connectivity index (χ3n) is 3.07. The standard InChI is InChI=1S/C16H15BrFNO2/c1-10-3-6-12(7-4-10)19-15(16(20)21-2)13-9-11(18)5-8-14(13)17/h3-9,15,19H,1-2H3. The van der Waals surface area contributed by atoms with Gasteiger partial charge < -0.3 is 10.1 Å². The maximum absolute atomic E-state index is 13.5. The molecule has 0 bridgehead atoms. The van der Waals surface area contributed by atoms with Gasteiger partial charge in [-0.25, -0.2) is 9.18 Å². The first-order valence-corrected chi connectivity index (χ1v) is 7.16. The second kappa shape index (κ2) is 6.72. The van der Waals surface area contributed by atoms with Crippen LogP contribution in [0.25, 0.3) is 0 Å². The van der Waals surface area contributed by atoms with Crippen LogP contribution in [-0.4, -0.2) is 13.1 Å². The fraction of sp³-hybridized carbons (Fsp3) is 0.188. The van der Waals surface area contributed by atoms with Crippen molar-refractivity contribution < 1.29 is 13.9 Å². The number of halogens is 2. The van der Waals surface area contributed by atoms with E-state index in [1.54, 1.807) is 6.07 Å². The molecule has 1 N–H and O–H groups in total. The van der Waals surface area contributed by atoms with Gasteiger partial charge in [0.05, 0.1) is 7.11 Å². The SMILES string of the molecule is COC(=O)C(Nc1ccc(C)cc1)c1cc(F)ccc1Br. The van der Waals surface area contributed by atoms with Gasteiger partial charge in [-0.05, 0) is 37.3 Å². The highest BCUT2D eigenvalue weighted by molar-refractivity contribution is 9.10. The third-order valence-corrected chi connectivity index (χ3v) is 3.79. The molecule has 0 aliphatic carbocycles. The van der Waals surface area contributed by atoms with Crippen LogP contribution < -0.4 is 5.32 Å². The second-order valence-corrected chi connectivity index (χ2v) is 5.49. The lowest BCUT2D eigenvalue weighted by Gasteiger charge is -2.19. The number of hydrogen-bond donors (Lipinski definition) is 1. The predicted octanol–water partition coefficient (Wildman–Crippen LogP) is 4.22. The maximum Gasteiger partial charge on any atom is 0.333 e. The molecular formula is C16H15BrFNO2. The van der Waals surface area contributed by atoms with Crippen LogP contribution in [0.4, 0.5) is 10.1 Å². The monoisotopic (exact) mass is 351 g/mol. The molecule has 1 atom stereocenters. The van der Waals surface area contributed by atoms with Gasteiger partial charge in [0, 0.05) is 15.7 Å². The molecule has 110 valence electrons. The molecule has 2 rings (SSSR count). The van der Waals surface area contributed by atoms with E-state index in [0.717, 1.165) is 11.3 Å². The van der Waals surface area contributed by atoms with Crippen molar-refractivity contribution in [1.29, 1.82) is 0 Å². The molecule has 0 heterocycles. The van der Waals surface area contributed by atoms with Crippen molar-refractivity contribution in [3.63, 3.8) is 0 Å². The Kier molecular flexibility index (Phi) is 4.96. The van der Waals surface area contributed by atoms with E-state index in [-0.39, 0.29) is 0 Å². The highest BCUT2D eigenvalue weighted by Crippen LogP contribution is 2.28. The van der Waals surface area contributed by atoms with E-state index in [2.05, 4.69) is 21.2 Å². The second-order valence-electron chi connectivity index (χ2n) is 4.63. The Balaban J connectivity index is 2.36. The molecule has 0 aromatic heterocycles. The van der Waals surface area contributed by atoms with Gasteiger partial charge in [0.15, 0.2) is 6.04 Å². The minimum absolute atomic E-state index is 0.409. The Labute approximate surface area is 131 Å². The number of anilines is 1. The Hall–Kier alpha value is -1.88. The lowest BCUT2D eigenvalue weighted by atomic mass is 10.1. The number of rotatable bonds is 4. The van der Waals surface area contributed by atoms with E-state index in [1.807, 2.05) is 31.2 Å². The Morgan fingerprint density at radius 1 is 1.24 bits per heavy atom. The molecule has 3 nitrogen and oxygen atoms in total. The van der Waals surface area contributed by atoms with E-state index < -0.39 is 17.8 Å². The zero-order chi connectivity index (χ0) is 15.4. The van der Waals surface area contributed by atoms with Crippen LogP contribution in [0.5, 0.6) is 0 Å². The Morgan fingerprint density at radius 2 is 1.90 bits per heavy atom. The lowest BCUT2D eigenvalue weighted by Crippen LogP contribution is -2.23. The molecule has 2 aromatic rings. The van der Waals surface area contributed by atoms with Crippen molar-refractivity contribution in [2.75, 3.05) is 12.4 Å². The summed E-state index contributed by atoms with van der Waals surface area (Å²) in [5.74, 6) is -0.894. The van der Waals surface area contributed by atoms with E-state index in [1.165, 1.54) is 19.2 Å². The van der Waals surface area contributed by atoms with E-state index >= 15 is 0 Å². The summed E-state index contributed by atoms with van der Waals surface area (Å²) in [5, 5.41) is 3.07. The van der Waals surface area contributed by atoms with Gasteiger partial charge >= 0.3 is 5.97 Å². The van der Waals surface area contributed by atoms with Crippen LogP contribution in [0.2, 0.25) is 0 Å². The summed E-state index contributed by atoms with van der Waals surface area (Å²) >= 11 is 3.34. The van der Waals surface area contributed by atoms with Crippen molar-refractivity contribution in [1.82, 2.24) is 0 Å². The van der Waals surface area contributed by atoms with Crippen LogP contribution in [0.1, 0.15) is 17.2 Å². The fourth-order valence-corrected chi connectivity index (χ4v) is 2.41. The third kappa shape index (κ3) is 3.82. The quantitative estimate of drug-likeness (QED) is 0.838. The highest BCUT2D eigenvalue weighted by Gasteiger charge is 2.24. The smallest absolute Gasteiger partial charge is 0.333 e. The molecule has 0 amide bonds. The molecule has 0 aliphatic rings. The number of methoxy groups -OCH3 is 1. The summed E-state index contributed by atoms with van der Waals surface area (Å²) in [4.78, 5) is 12.0. The number of carbonyl (C=O) groups excluding carboxylic acids is 1. The van der Waals surface area contributed by atoms with Crippen molar-refractivity contribution in [2.24, 2.45) is 0 Å². The molecular weight excluding hydrogens is 337 g/mol. The molecule has 0 fully saturated rings. The van der Waals surface area contributed by atoms with Crippen LogP contribution in [-0.2, 0) is 9.53 Å². The summed E-state index contributed by atoms with van der Waals surface area (Å²) in [5.41, 5.74) is 2.36. The van der Waals surface area contributed by atoms with Crippen LogP contribution in [0.15, 0.2) is 46.9 Å². The number of ether oxygens (including phenoxy) is 1. The average molecular weight is 352 g/mol. The fourth-order valence-electron chi connectivity index (χ4n) is 1.93. The molecule has 2 aromatic carbocycles. The number of benzene rings is 2.